The zero-order chi connectivity index (χ0) is 16.4. The van der Waals surface area contributed by atoms with Crippen LogP contribution in [0.5, 0.6) is 0 Å². The lowest BCUT2D eigenvalue weighted by Gasteiger charge is -2.31. The maximum atomic E-state index is 12.7. The molecule has 23 heavy (non-hydrogen) atoms. The van der Waals surface area contributed by atoms with E-state index in [0.717, 1.165) is 38.5 Å². The smallest absolute Gasteiger partial charge is 0.253 e. The highest BCUT2D eigenvalue weighted by molar-refractivity contribution is 7.89. The van der Waals surface area contributed by atoms with Gasteiger partial charge in [0.1, 0.15) is 0 Å². The fraction of sp³-hybridized carbons (Fsp3) is 0.588. The molecular weight excluding hydrogens is 312 g/mol. The SMILES string of the molecule is CN(C(=O)c1cccc(S(=O)(=O)NC2CC2)c1)C1CCCCC1. The Bertz CT molecular complexity index is 677. The monoisotopic (exact) mass is 336 g/mol. The molecule has 0 aliphatic heterocycles. The van der Waals surface area contributed by atoms with E-state index < -0.39 is 10.0 Å². The molecule has 0 radical (unpaired) electrons. The number of nitrogens with zero attached hydrogens (tertiary/aromatic N) is 1. The van der Waals surface area contributed by atoms with Crippen molar-refractivity contribution in [3.63, 3.8) is 0 Å². The molecule has 0 spiro atoms. The predicted octanol–water partition coefficient (Wildman–Crippen LogP) is 2.53. The standard InChI is InChI=1S/C17H24N2O3S/c1-19(15-7-3-2-4-8-15)17(20)13-6-5-9-16(12-13)23(21,22)18-14-10-11-14/h5-6,9,12,14-15,18H,2-4,7-8,10-11H2,1H3. The van der Waals surface area contributed by atoms with Crippen molar-refractivity contribution in [1.29, 1.82) is 0 Å². The van der Waals surface area contributed by atoms with Crippen LogP contribution >= 0.6 is 0 Å². The number of hydrogen-bond donors (Lipinski definition) is 1. The lowest BCUT2D eigenvalue weighted by Crippen LogP contribution is -2.38. The minimum Gasteiger partial charge on any atom is -0.339 e. The molecule has 0 heterocycles. The minimum atomic E-state index is -3.52. The van der Waals surface area contributed by atoms with E-state index in [0.29, 0.717) is 5.56 Å². The van der Waals surface area contributed by atoms with E-state index in [1.165, 1.54) is 12.5 Å². The van der Waals surface area contributed by atoms with Gasteiger partial charge in [-0.25, -0.2) is 13.1 Å². The Morgan fingerprint density at radius 3 is 2.48 bits per heavy atom. The second-order valence-electron chi connectivity index (χ2n) is 6.63. The highest BCUT2D eigenvalue weighted by Crippen LogP contribution is 2.25. The summed E-state index contributed by atoms with van der Waals surface area (Å²) in [6.07, 6.45) is 7.39. The van der Waals surface area contributed by atoms with Crippen LogP contribution in [-0.4, -0.2) is 38.4 Å². The Morgan fingerprint density at radius 2 is 1.83 bits per heavy atom. The predicted molar refractivity (Wildman–Crippen MR) is 88.8 cm³/mol. The van der Waals surface area contributed by atoms with Gasteiger partial charge in [-0.2, -0.15) is 0 Å². The van der Waals surface area contributed by atoms with Gasteiger partial charge in [0.05, 0.1) is 4.90 Å². The lowest BCUT2D eigenvalue weighted by molar-refractivity contribution is 0.0696. The first-order valence-corrected chi connectivity index (χ1v) is 9.85. The molecule has 0 bridgehead atoms. The zero-order valence-corrected chi connectivity index (χ0v) is 14.3. The summed E-state index contributed by atoms with van der Waals surface area (Å²) in [6.45, 7) is 0. The molecule has 2 aliphatic carbocycles. The molecule has 1 N–H and O–H groups in total. The fourth-order valence-corrected chi connectivity index (χ4v) is 4.47. The molecule has 2 saturated carbocycles. The Kier molecular flexibility index (Phi) is 4.73. The summed E-state index contributed by atoms with van der Waals surface area (Å²) < 4.78 is 27.2. The number of carbonyl (C=O) groups excluding carboxylic acids is 1. The van der Waals surface area contributed by atoms with E-state index in [-0.39, 0.29) is 22.9 Å². The number of benzene rings is 1. The third-order valence-corrected chi connectivity index (χ3v) is 6.25. The number of carbonyl (C=O) groups is 1. The first-order valence-electron chi connectivity index (χ1n) is 8.37. The van der Waals surface area contributed by atoms with Crippen molar-refractivity contribution in [3.05, 3.63) is 29.8 Å². The van der Waals surface area contributed by atoms with Crippen LogP contribution in [0, 0.1) is 0 Å². The first-order chi connectivity index (χ1) is 11.0. The maximum absolute atomic E-state index is 12.7. The van der Waals surface area contributed by atoms with Crippen molar-refractivity contribution in [1.82, 2.24) is 9.62 Å². The summed E-state index contributed by atoms with van der Waals surface area (Å²) in [4.78, 5) is 14.6. The van der Waals surface area contributed by atoms with Crippen molar-refractivity contribution >= 4 is 15.9 Å². The van der Waals surface area contributed by atoms with Gasteiger partial charge in [-0.1, -0.05) is 25.3 Å². The van der Waals surface area contributed by atoms with Gasteiger partial charge < -0.3 is 4.90 Å². The van der Waals surface area contributed by atoms with Gasteiger partial charge in [-0.05, 0) is 43.9 Å². The normalized spacial score (nSPS) is 19.5. The van der Waals surface area contributed by atoms with Gasteiger partial charge in [-0.3, -0.25) is 4.79 Å². The molecule has 0 unspecified atom stereocenters. The molecule has 1 amide bonds. The Hall–Kier alpha value is -1.40. The molecule has 0 aromatic heterocycles. The summed E-state index contributed by atoms with van der Waals surface area (Å²) in [7, 11) is -1.70. The van der Waals surface area contributed by atoms with Crippen molar-refractivity contribution in [2.45, 2.75) is 61.9 Å². The molecule has 0 saturated heterocycles. The Balaban J connectivity index is 1.76. The van der Waals surface area contributed by atoms with Gasteiger partial charge >= 0.3 is 0 Å². The van der Waals surface area contributed by atoms with Crippen molar-refractivity contribution in [3.8, 4) is 0 Å². The largest absolute Gasteiger partial charge is 0.339 e. The van der Waals surface area contributed by atoms with Crippen molar-refractivity contribution in [2.24, 2.45) is 0 Å². The van der Waals surface area contributed by atoms with Crippen molar-refractivity contribution in [2.75, 3.05) is 7.05 Å². The first kappa shape index (κ1) is 16.5. The third kappa shape index (κ3) is 3.93. The van der Waals surface area contributed by atoms with E-state index in [2.05, 4.69) is 4.72 Å². The molecule has 2 fully saturated rings. The molecule has 1 aromatic carbocycles. The van der Waals surface area contributed by atoms with Crippen molar-refractivity contribution < 1.29 is 13.2 Å². The maximum Gasteiger partial charge on any atom is 0.253 e. The molecule has 126 valence electrons. The van der Waals surface area contributed by atoms with Crippen LogP contribution in [0.2, 0.25) is 0 Å². The molecule has 1 aromatic rings. The van der Waals surface area contributed by atoms with Crippen LogP contribution in [0.25, 0.3) is 0 Å². The highest BCUT2D eigenvalue weighted by Gasteiger charge is 2.29. The van der Waals surface area contributed by atoms with Gasteiger partial charge in [0, 0.05) is 24.7 Å². The number of sulfonamides is 1. The van der Waals surface area contributed by atoms with Gasteiger partial charge in [0.15, 0.2) is 0 Å². The third-order valence-electron chi connectivity index (χ3n) is 4.73. The average Bonchev–Trinajstić information content (AvgIpc) is 3.37. The lowest BCUT2D eigenvalue weighted by atomic mass is 9.94. The van der Waals surface area contributed by atoms with Crippen LogP contribution in [-0.2, 0) is 10.0 Å². The molecule has 2 aliphatic rings. The number of hydrogen-bond acceptors (Lipinski definition) is 3. The van der Waals surface area contributed by atoms with E-state index in [4.69, 9.17) is 0 Å². The van der Waals surface area contributed by atoms with Crippen LogP contribution < -0.4 is 4.72 Å². The molecule has 6 heteroatoms. The second-order valence-corrected chi connectivity index (χ2v) is 8.35. The summed E-state index contributed by atoms with van der Waals surface area (Å²) in [6, 6.07) is 6.70. The van der Waals surface area contributed by atoms with Gasteiger partial charge in [-0.15, -0.1) is 0 Å². The molecular formula is C17H24N2O3S. The highest BCUT2D eigenvalue weighted by atomic mass is 32.2. The Morgan fingerprint density at radius 1 is 1.13 bits per heavy atom. The van der Waals surface area contributed by atoms with Crippen LogP contribution in [0.4, 0.5) is 0 Å². The second kappa shape index (κ2) is 6.61. The molecule has 0 atom stereocenters. The molecule has 3 rings (SSSR count). The van der Waals surface area contributed by atoms with Crippen LogP contribution in [0.3, 0.4) is 0 Å². The quantitative estimate of drug-likeness (QED) is 0.898. The summed E-state index contributed by atoms with van der Waals surface area (Å²) in [5.74, 6) is -0.0969. The number of rotatable bonds is 5. The minimum absolute atomic E-state index is 0.0595. The fourth-order valence-electron chi connectivity index (χ4n) is 3.12. The van der Waals surface area contributed by atoms with E-state index in [1.54, 1.807) is 23.1 Å². The summed E-state index contributed by atoms with van der Waals surface area (Å²) >= 11 is 0. The average molecular weight is 336 g/mol. The Labute approximate surface area is 138 Å². The van der Waals surface area contributed by atoms with Gasteiger partial charge in [0.25, 0.3) is 5.91 Å². The summed E-state index contributed by atoms with van der Waals surface area (Å²) in [5.41, 5.74) is 0.441. The topological polar surface area (TPSA) is 66.5 Å². The van der Waals surface area contributed by atoms with E-state index in [1.807, 2.05) is 7.05 Å². The zero-order valence-electron chi connectivity index (χ0n) is 13.5. The summed E-state index contributed by atoms with van der Waals surface area (Å²) in [5, 5.41) is 0. The van der Waals surface area contributed by atoms with Crippen LogP contribution in [0.15, 0.2) is 29.2 Å². The van der Waals surface area contributed by atoms with Gasteiger partial charge in [0.2, 0.25) is 10.0 Å². The number of nitrogens with one attached hydrogen (secondary N) is 1. The number of amides is 1. The van der Waals surface area contributed by atoms with E-state index >= 15 is 0 Å². The van der Waals surface area contributed by atoms with E-state index in [9.17, 15) is 13.2 Å². The van der Waals surface area contributed by atoms with Crippen LogP contribution in [0.1, 0.15) is 55.3 Å². The molecule has 5 nitrogen and oxygen atoms in total.